The van der Waals surface area contributed by atoms with Gasteiger partial charge in [-0.15, -0.1) is 11.3 Å². The number of hydrogen-bond donors (Lipinski definition) is 2. The van der Waals surface area contributed by atoms with E-state index in [9.17, 15) is 4.79 Å². The van der Waals surface area contributed by atoms with Crippen molar-refractivity contribution in [2.24, 2.45) is 0 Å². The Bertz CT molecular complexity index is 532. The fraction of sp³-hybridized carbons (Fsp3) is 0.182. The molecule has 15 heavy (non-hydrogen) atoms. The molecular weight excluding hydrogens is 208 g/mol. The number of nitrogens with one attached hydrogen (secondary N) is 2. The molecule has 0 radical (unpaired) electrons. The maximum Gasteiger partial charge on any atom is 0.254 e. The standard InChI is InChI=1S/C11H10N2OS/c14-10-9-7-3-1-2-4-8(7)15-11(9)13-6-5-12-10/h1-4,13H,5-6H2,(H,12,14). The average molecular weight is 218 g/mol. The van der Waals surface area contributed by atoms with E-state index in [-0.39, 0.29) is 5.91 Å². The number of carbonyl (C=O) groups excluding carboxylic acids is 1. The zero-order chi connectivity index (χ0) is 10.3. The molecule has 2 aromatic rings. The summed E-state index contributed by atoms with van der Waals surface area (Å²) in [7, 11) is 0. The molecule has 1 aliphatic heterocycles. The SMILES string of the molecule is O=C1NCCNc2sc3ccccc3c21. The highest BCUT2D eigenvalue weighted by atomic mass is 32.1. The number of amides is 1. The summed E-state index contributed by atoms with van der Waals surface area (Å²) in [6.07, 6.45) is 0. The quantitative estimate of drug-likeness (QED) is 0.710. The molecule has 0 bridgehead atoms. The van der Waals surface area contributed by atoms with Gasteiger partial charge in [-0.2, -0.15) is 0 Å². The predicted octanol–water partition coefficient (Wildman–Crippen LogP) is 2.06. The number of benzene rings is 1. The summed E-state index contributed by atoms with van der Waals surface area (Å²) < 4.78 is 1.16. The lowest BCUT2D eigenvalue weighted by Gasteiger charge is -1.98. The minimum atomic E-state index is 0.0347. The molecular formula is C11H10N2OS. The molecule has 1 aliphatic rings. The van der Waals surface area contributed by atoms with Crippen LogP contribution in [0.2, 0.25) is 0 Å². The molecule has 0 unspecified atom stereocenters. The van der Waals surface area contributed by atoms with Gasteiger partial charge in [-0.1, -0.05) is 18.2 Å². The van der Waals surface area contributed by atoms with Gasteiger partial charge in [-0.05, 0) is 6.07 Å². The van der Waals surface area contributed by atoms with Crippen LogP contribution in [0, 0.1) is 0 Å². The van der Waals surface area contributed by atoms with Crippen molar-refractivity contribution in [3.05, 3.63) is 29.8 Å². The number of anilines is 1. The van der Waals surface area contributed by atoms with E-state index in [0.717, 1.165) is 27.2 Å². The molecule has 3 nitrogen and oxygen atoms in total. The highest BCUT2D eigenvalue weighted by Gasteiger charge is 2.20. The van der Waals surface area contributed by atoms with Gasteiger partial charge < -0.3 is 10.6 Å². The van der Waals surface area contributed by atoms with Gasteiger partial charge in [0.1, 0.15) is 5.00 Å². The molecule has 0 saturated heterocycles. The summed E-state index contributed by atoms with van der Waals surface area (Å²) in [4.78, 5) is 11.8. The summed E-state index contributed by atoms with van der Waals surface area (Å²) in [6.45, 7) is 1.49. The molecule has 0 aliphatic carbocycles. The summed E-state index contributed by atoms with van der Waals surface area (Å²) in [5.74, 6) is 0.0347. The van der Waals surface area contributed by atoms with E-state index in [1.807, 2.05) is 24.3 Å². The zero-order valence-corrected chi connectivity index (χ0v) is 8.86. The van der Waals surface area contributed by atoms with E-state index < -0.39 is 0 Å². The van der Waals surface area contributed by atoms with Crippen LogP contribution in [0.3, 0.4) is 0 Å². The third kappa shape index (κ3) is 1.29. The topological polar surface area (TPSA) is 41.1 Å². The van der Waals surface area contributed by atoms with Crippen molar-refractivity contribution in [1.82, 2.24) is 5.32 Å². The molecule has 0 fully saturated rings. The van der Waals surface area contributed by atoms with Crippen molar-refractivity contribution < 1.29 is 4.79 Å². The first kappa shape index (κ1) is 8.73. The van der Waals surface area contributed by atoms with Crippen LogP contribution in [-0.4, -0.2) is 19.0 Å². The first-order chi connectivity index (χ1) is 7.36. The lowest BCUT2D eigenvalue weighted by molar-refractivity contribution is 0.0960. The van der Waals surface area contributed by atoms with E-state index in [1.54, 1.807) is 11.3 Å². The van der Waals surface area contributed by atoms with Crippen molar-refractivity contribution in [2.45, 2.75) is 0 Å². The minimum absolute atomic E-state index is 0.0347. The van der Waals surface area contributed by atoms with Gasteiger partial charge in [0.05, 0.1) is 5.56 Å². The number of thiophene rings is 1. The van der Waals surface area contributed by atoms with Crippen LogP contribution >= 0.6 is 11.3 Å². The maximum atomic E-state index is 11.8. The van der Waals surface area contributed by atoms with E-state index >= 15 is 0 Å². The number of carbonyl (C=O) groups is 1. The Balaban J connectivity index is 2.32. The Morgan fingerprint density at radius 2 is 1.93 bits per heavy atom. The van der Waals surface area contributed by atoms with Crippen LogP contribution in [-0.2, 0) is 0 Å². The highest BCUT2D eigenvalue weighted by Crippen LogP contribution is 2.35. The van der Waals surface area contributed by atoms with Crippen LogP contribution in [0.5, 0.6) is 0 Å². The van der Waals surface area contributed by atoms with E-state index in [4.69, 9.17) is 0 Å². The minimum Gasteiger partial charge on any atom is -0.374 e. The first-order valence-corrected chi connectivity index (χ1v) is 5.71. The molecule has 1 aromatic heterocycles. The van der Waals surface area contributed by atoms with E-state index in [2.05, 4.69) is 10.6 Å². The Morgan fingerprint density at radius 3 is 2.87 bits per heavy atom. The second kappa shape index (κ2) is 3.24. The second-order valence-electron chi connectivity index (χ2n) is 3.49. The van der Waals surface area contributed by atoms with E-state index in [1.165, 1.54) is 0 Å². The predicted molar refractivity (Wildman–Crippen MR) is 62.6 cm³/mol. The normalized spacial score (nSPS) is 15.3. The monoisotopic (exact) mass is 218 g/mol. The van der Waals surface area contributed by atoms with Crippen LogP contribution < -0.4 is 10.6 Å². The van der Waals surface area contributed by atoms with Crippen molar-refractivity contribution in [3.63, 3.8) is 0 Å². The molecule has 2 heterocycles. The number of hydrogen-bond acceptors (Lipinski definition) is 3. The van der Waals surface area contributed by atoms with Gasteiger partial charge in [0.25, 0.3) is 5.91 Å². The maximum absolute atomic E-state index is 11.8. The molecule has 0 spiro atoms. The Kier molecular flexibility index (Phi) is 1.89. The Labute approximate surface area is 91.1 Å². The average Bonchev–Trinajstić information content (AvgIpc) is 2.53. The van der Waals surface area contributed by atoms with E-state index in [0.29, 0.717) is 6.54 Å². The van der Waals surface area contributed by atoms with Crippen molar-refractivity contribution in [2.75, 3.05) is 18.4 Å². The van der Waals surface area contributed by atoms with Crippen LogP contribution in [0.1, 0.15) is 10.4 Å². The number of rotatable bonds is 0. The molecule has 1 amide bonds. The molecule has 3 rings (SSSR count). The Morgan fingerprint density at radius 1 is 1.13 bits per heavy atom. The van der Waals surface area contributed by atoms with Crippen molar-refractivity contribution in [3.8, 4) is 0 Å². The first-order valence-electron chi connectivity index (χ1n) is 4.90. The largest absolute Gasteiger partial charge is 0.374 e. The lowest BCUT2D eigenvalue weighted by atomic mass is 10.1. The molecule has 1 aromatic carbocycles. The smallest absolute Gasteiger partial charge is 0.254 e. The van der Waals surface area contributed by atoms with Gasteiger partial charge in [0, 0.05) is 23.2 Å². The van der Waals surface area contributed by atoms with Gasteiger partial charge in [0.15, 0.2) is 0 Å². The lowest BCUT2D eigenvalue weighted by Crippen LogP contribution is -2.24. The Hall–Kier alpha value is -1.55. The van der Waals surface area contributed by atoms with Crippen molar-refractivity contribution >= 4 is 32.3 Å². The summed E-state index contributed by atoms with van der Waals surface area (Å²) in [6, 6.07) is 8.00. The molecule has 2 N–H and O–H groups in total. The summed E-state index contributed by atoms with van der Waals surface area (Å²) >= 11 is 1.64. The highest BCUT2D eigenvalue weighted by molar-refractivity contribution is 7.23. The summed E-state index contributed by atoms with van der Waals surface area (Å²) in [5.41, 5.74) is 0.799. The zero-order valence-electron chi connectivity index (χ0n) is 8.04. The molecule has 0 atom stereocenters. The van der Waals surface area contributed by atoms with Gasteiger partial charge >= 0.3 is 0 Å². The second-order valence-corrected chi connectivity index (χ2v) is 4.54. The van der Waals surface area contributed by atoms with Crippen LogP contribution in [0.25, 0.3) is 10.1 Å². The van der Waals surface area contributed by atoms with Crippen molar-refractivity contribution in [1.29, 1.82) is 0 Å². The van der Waals surface area contributed by atoms with Crippen LogP contribution in [0.4, 0.5) is 5.00 Å². The van der Waals surface area contributed by atoms with Gasteiger partial charge in [-0.3, -0.25) is 4.79 Å². The summed E-state index contributed by atoms with van der Waals surface area (Å²) in [5, 5.41) is 8.20. The van der Waals surface area contributed by atoms with Crippen LogP contribution in [0.15, 0.2) is 24.3 Å². The fourth-order valence-electron chi connectivity index (χ4n) is 1.84. The fourth-order valence-corrected chi connectivity index (χ4v) is 2.96. The molecule has 0 saturated carbocycles. The van der Waals surface area contributed by atoms with Gasteiger partial charge in [-0.25, -0.2) is 0 Å². The third-order valence-corrected chi connectivity index (χ3v) is 3.65. The molecule has 4 heteroatoms. The molecule has 76 valence electrons. The van der Waals surface area contributed by atoms with Gasteiger partial charge in [0.2, 0.25) is 0 Å². The third-order valence-electron chi connectivity index (χ3n) is 2.52. The number of fused-ring (bicyclic) bond motifs is 3.